The van der Waals surface area contributed by atoms with Crippen molar-refractivity contribution in [3.8, 4) is 11.5 Å². The van der Waals surface area contributed by atoms with Crippen molar-refractivity contribution in [1.82, 2.24) is 4.98 Å². The minimum absolute atomic E-state index is 0.0349. The van der Waals surface area contributed by atoms with Crippen molar-refractivity contribution >= 4 is 27.2 Å². The second kappa shape index (κ2) is 5.76. The number of rotatable bonds is 4. The summed E-state index contributed by atoms with van der Waals surface area (Å²) >= 11 is 1.33. The summed E-state index contributed by atoms with van der Waals surface area (Å²) in [5, 5.41) is 0. The molecule has 4 nitrogen and oxygen atoms in total. The molecule has 0 aliphatic carbocycles. The van der Waals surface area contributed by atoms with Crippen LogP contribution in [0.1, 0.15) is 5.56 Å². The van der Waals surface area contributed by atoms with Crippen LogP contribution in [0, 0.1) is 11.6 Å². The lowest BCUT2D eigenvalue weighted by Crippen LogP contribution is -2.02. The molecule has 0 aliphatic heterocycles. The normalized spacial score (nSPS) is 10.9. The number of hydrogen-bond donors (Lipinski definition) is 1. The number of thiazole rings is 1. The maximum absolute atomic E-state index is 14.0. The van der Waals surface area contributed by atoms with Crippen molar-refractivity contribution in [2.24, 2.45) is 0 Å². The highest BCUT2D eigenvalue weighted by Crippen LogP contribution is 2.33. The molecule has 0 saturated heterocycles. The van der Waals surface area contributed by atoms with Crippen LogP contribution in [-0.4, -0.2) is 12.1 Å². The maximum atomic E-state index is 14.0. The van der Waals surface area contributed by atoms with Gasteiger partial charge in [0.2, 0.25) is 0 Å². The van der Waals surface area contributed by atoms with Gasteiger partial charge >= 0.3 is 0 Å². The monoisotopic (exact) mass is 322 g/mol. The lowest BCUT2D eigenvalue weighted by Gasteiger charge is -2.12. The fraction of sp³-hybridized carbons (Fsp3) is 0.133. The van der Waals surface area contributed by atoms with E-state index in [9.17, 15) is 8.78 Å². The Morgan fingerprint density at radius 1 is 1.18 bits per heavy atom. The van der Waals surface area contributed by atoms with Gasteiger partial charge in [0.15, 0.2) is 11.5 Å². The zero-order valence-electron chi connectivity index (χ0n) is 11.6. The molecule has 1 aromatic heterocycles. The second-order valence-corrected chi connectivity index (χ2v) is 5.39. The highest BCUT2D eigenvalue weighted by atomic mass is 32.1. The van der Waals surface area contributed by atoms with Crippen molar-refractivity contribution < 1.29 is 18.3 Å². The largest absolute Gasteiger partial charge is 0.493 e. The second-order valence-electron chi connectivity index (χ2n) is 4.54. The molecular formula is C15H12F2N2O2S. The summed E-state index contributed by atoms with van der Waals surface area (Å²) in [6.07, 6.45) is 0. The van der Waals surface area contributed by atoms with Crippen LogP contribution >= 0.6 is 11.3 Å². The number of benzene rings is 2. The molecule has 0 atom stereocenters. The number of nitrogens with two attached hydrogens (primary N) is 1. The molecular weight excluding hydrogens is 310 g/mol. The number of anilines is 1. The summed E-state index contributed by atoms with van der Waals surface area (Å²) in [5.41, 5.74) is 8.20. The van der Waals surface area contributed by atoms with Crippen LogP contribution < -0.4 is 15.2 Å². The lowest BCUT2D eigenvalue weighted by molar-refractivity contribution is 0.280. The molecule has 3 aromatic rings. The molecule has 114 valence electrons. The average molecular weight is 322 g/mol. The fourth-order valence-corrected chi connectivity index (χ4v) is 2.88. The van der Waals surface area contributed by atoms with Crippen LogP contribution in [0.4, 0.5) is 14.5 Å². The van der Waals surface area contributed by atoms with Crippen molar-refractivity contribution in [3.63, 3.8) is 0 Å². The number of nitrogen functional groups attached to an aromatic ring is 1. The molecule has 1 heterocycles. The van der Waals surface area contributed by atoms with Gasteiger partial charge in [-0.2, -0.15) is 0 Å². The minimum atomic E-state index is -0.597. The van der Waals surface area contributed by atoms with E-state index < -0.39 is 5.82 Å². The van der Waals surface area contributed by atoms with Crippen LogP contribution in [0.5, 0.6) is 11.5 Å². The van der Waals surface area contributed by atoms with E-state index in [0.717, 1.165) is 6.07 Å². The number of methoxy groups -OCH3 is 1. The van der Waals surface area contributed by atoms with Gasteiger partial charge in [-0.05, 0) is 12.1 Å². The number of fused-ring (bicyclic) bond motifs is 1. The van der Waals surface area contributed by atoms with E-state index >= 15 is 0 Å². The van der Waals surface area contributed by atoms with E-state index in [1.807, 2.05) is 0 Å². The van der Waals surface area contributed by atoms with Crippen LogP contribution in [0.3, 0.4) is 0 Å². The highest BCUT2D eigenvalue weighted by Gasteiger charge is 2.14. The summed E-state index contributed by atoms with van der Waals surface area (Å²) in [7, 11) is 1.39. The first-order chi connectivity index (χ1) is 10.6. The number of aromatic nitrogens is 1. The summed E-state index contributed by atoms with van der Waals surface area (Å²) < 4.78 is 38.8. The molecule has 2 aromatic carbocycles. The third kappa shape index (κ3) is 2.55. The molecule has 0 amide bonds. The van der Waals surface area contributed by atoms with E-state index in [-0.39, 0.29) is 29.6 Å². The molecule has 0 aliphatic rings. The van der Waals surface area contributed by atoms with Crippen molar-refractivity contribution in [3.05, 3.63) is 47.0 Å². The molecule has 0 spiro atoms. The van der Waals surface area contributed by atoms with Crippen LogP contribution in [-0.2, 0) is 6.61 Å². The Kier molecular flexibility index (Phi) is 3.81. The van der Waals surface area contributed by atoms with Gasteiger partial charge in [0.1, 0.15) is 18.2 Å². The third-order valence-electron chi connectivity index (χ3n) is 3.20. The van der Waals surface area contributed by atoms with Crippen molar-refractivity contribution in [2.45, 2.75) is 6.61 Å². The smallest absolute Gasteiger partial charge is 0.163 e. The Bertz CT molecular complexity index is 836. The fourth-order valence-electron chi connectivity index (χ4n) is 2.07. The summed E-state index contributed by atoms with van der Waals surface area (Å²) in [4.78, 5) is 4.14. The van der Waals surface area contributed by atoms with Gasteiger partial charge in [0.25, 0.3) is 0 Å². The predicted molar refractivity (Wildman–Crippen MR) is 81.3 cm³/mol. The topological polar surface area (TPSA) is 57.4 Å². The zero-order chi connectivity index (χ0) is 15.7. The first-order valence-corrected chi connectivity index (χ1v) is 7.24. The van der Waals surface area contributed by atoms with E-state index in [1.165, 1.54) is 30.6 Å². The number of hydrogen-bond acceptors (Lipinski definition) is 5. The first kappa shape index (κ1) is 14.5. The van der Waals surface area contributed by atoms with Gasteiger partial charge in [-0.1, -0.05) is 0 Å². The Labute approximate surface area is 129 Å². The Morgan fingerprint density at radius 2 is 2.00 bits per heavy atom. The number of nitrogens with zero attached hydrogens (tertiary/aromatic N) is 1. The van der Waals surface area contributed by atoms with Crippen LogP contribution in [0.2, 0.25) is 0 Å². The summed E-state index contributed by atoms with van der Waals surface area (Å²) in [6.45, 7) is -0.0349. The van der Waals surface area contributed by atoms with Gasteiger partial charge in [-0.25, -0.2) is 13.8 Å². The molecule has 0 unspecified atom stereocenters. The number of halogens is 2. The van der Waals surface area contributed by atoms with Crippen LogP contribution in [0.25, 0.3) is 10.2 Å². The zero-order valence-corrected chi connectivity index (χ0v) is 12.4. The van der Waals surface area contributed by atoms with E-state index in [2.05, 4.69) is 4.98 Å². The van der Waals surface area contributed by atoms with Crippen molar-refractivity contribution in [2.75, 3.05) is 12.8 Å². The van der Waals surface area contributed by atoms with Crippen LogP contribution in [0.15, 0.2) is 29.8 Å². The van der Waals surface area contributed by atoms with Gasteiger partial charge in [-0.15, -0.1) is 11.3 Å². The molecule has 7 heteroatoms. The Morgan fingerprint density at radius 3 is 2.77 bits per heavy atom. The third-order valence-corrected chi connectivity index (χ3v) is 4.10. The highest BCUT2D eigenvalue weighted by molar-refractivity contribution is 7.16. The molecule has 0 radical (unpaired) electrons. The quantitative estimate of drug-likeness (QED) is 0.743. The SMILES string of the molecule is COc1cc(F)c(N)cc1OCc1c(F)ccc2ncsc12. The van der Waals surface area contributed by atoms with Gasteiger partial charge < -0.3 is 15.2 Å². The molecule has 0 bridgehead atoms. The molecule has 0 saturated carbocycles. The molecule has 22 heavy (non-hydrogen) atoms. The van der Waals surface area contributed by atoms with E-state index in [1.54, 1.807) is 11.6 Å². The molecule has 3 rings (SSSR count). The Balaban J connectivity index is 1.93. The number of ether oxygens (including phenoxy) is 2. The van der Waals surface area contributed by atoms with Crippen molar-refractivity contribution in [1.29, 1.82) is 0 Å². The summed E-state index contributed by atoms with van der Waals surface area (Å²) in [5.74, 6) is -0.531. The van der Waals surface area contributed by atoms with E-state index in [0.29, 0.717) is 15.8 Å². The summed E-state index contributed by atoms with van der Waals surface area (Å²) in [6, 6.07) is 5.41. The predicted octanol–water partition coefficient (Wildman–Crippen LogP) is 3.74. The standard InChI is InChI=1S/C15H12F2N2O2S/c1-20-13-4-10(17)11(18)5-14(13)21-6-8-9(16)2-3-12-15(8)22-7-19-12/h2-5,7H,6,18H2,1H3. The minimum Gasteiger partial charge on any atom is -0.493 e. The Hall–Kier alpha value is -2.41. The van der Waals surface area contributed by atoms with Gasteiger partial charge in [-0.3, -0.25) is 0 Å². The molecule has 2 N–H and O–H groups in total. The molecule has 0 fully saturated rings. The van der Waals surface area contributed by atoms with Gasteiger partial charge in [0.05, 0.1) is 28.5 Å². The first-order valence-electron chi connectivity index (χ1n) is 6.36. The van der Waals surface area contributed by atoms with Gasteiger partial charge in [0, 0.05) is 17.7 Å². The van der Waals surface area contributed by atoms with E-state index in [4.69, 9.17) is 15.2 Å². The maximum Gasteiger partial charge on any atom is 0.163 e. The lowest BCUT2D eigenvalue weighted by atomic mass is 10.2. The average Bonchev–Trinajstić information content (AvgIpc) is 2.98.